The molecule has 0 bridgehead atoms. The fourth-order valence-electron chi connectivity index (χ4n) is 3.50. The zero-order valence-electron chi connectivity index (χ0n) is 20.2. The van der Waals surface area contributed by atoms with E-state index in [1.807, 2.05) is 47.9 Å². The summed E-state index contributed by atoms with van der Waals surface area (Å²) in [6.45, 7) is 2.48. The Labute approximate surface area is 229 Å². The normalized spacial score (nSPS) is 10.7. The molecule has 0 saturated heterocycles. The zero-order valence-corrected chi connectivity index (χ0v) is 22.5. The third kappa shape index (κ3) is 6.88. The topological polar surface area (TPSA) is 90.3 Å². The second-order valence-electron chi connectivity index (χ2n) is 7.71. The fraction of sp³-hybridized carbons (Fsp3) is 0.192. The maximum atomic E-state index is 12.7. The molecule has 0 saturated carbocycles. The molecule has 4 aromatic rings. The number of carbonyl (C=O) groups is 1. The van der Waals surface area contributed by atoms with Gasteiger partial charge in [0.1, 0.15) is 11.5 Å². The molecule has 8 nitrogen and oxygen atoms in total. The van der Waals surface area contributed by atoms with Gasteiger partial charge in [-0.2, -0.15) is 0 Å². The number of methoxy groups -OCH3 is 1. The minimum absolute atomic E-state index is 0.105. The molecular weight excluding hydrogens is 533 g/mol. The van der Waals surface area contributed by atoms with Crippen molar-refractivity contribution in [1.29, 1.82) is 0 Å². The van der Waals surface area contributed by atoms with Crippen LogP contribution in [0.1, 0.15) is 18.3 Å². The number of nitrogens with one attached hydrogen (secondary N) is 2. The molecule has 0 unspecified atom stereocenters. The summed E-state index contributed by atoms with van der Waals surface area (Å²) in [5, 5.41) is 15.9. The number of anilines is 1. The summed E-state index contributed by atoms with van der Waals surface area (Å²) in [6, 6.07) is 19.8. The Hall–Kier alpha value is -3.40. The van der Waals surface area contributed by atoms with E-state index in [1.54, 1.807) is 37.4 Å². The SMILES string of the molecule is CCOc1ccccc1NC(=O)NCc1nnc(SCc2cccc(OC)c2)n1-c1ccc(Cl)cc1Cl. The molecule has 1 heterocycles. The molecule has 0 atom stereocenters. The van der Waals surface area contributed by atoms with E-state index in [0.29, 0.717) is 50.5 Å². The van der Waals surface area contributed by atoms with E-state index in [-0.39, 0.29) is 6.54 Å². The molecule has 4 rings (SSSR count). The lowest BCUT2D eigenvalue weighted by Gasteiger charge is -2.14. The number of hydrogen-bond acceptors (Lipinski definition) is 6. The van der Waals surface area contributed by atoms with Gasteiger partial charge in [-0.1, -0.05) is 59.2 Å². The number of aromatic nitrogens is 3. The van der Waals surface area contributed by atoms with E-state index in [4.69, 9.17) is 32.7 Å². The summed E-state index contributed by atoms with van der Waals surface area (Å²) < 4.78 is 12.7. The smallest absolute Gasteiger partial charge is 0.319 e. The number of rotatable bonds is 10. The monoisotopic (exact) mass is 557 g/mol. The molecule has 11 heteroatoms. The van der Waals surface area contributed by atoms with E-state index in [2.05, 4.69) is 20.8 Å². The number of nitrogens with zero attached hydrogens (tertiary/aromatic N) is 3. The van der Waals surface area contributed by atoms with Crippen molar-refractivity contribution in [3.05, 3.63) is 88.2 Å². The standard InChI is InChI=1S/C26H25Cl2N5O3S/c1-3-36-23-10-5-4-9-21(23)30-25(34)29-15-24-31-32-26(33(24)22-12-11-18(27)14-20(22)28)37-16-17-7-6-8-19(13-17)35-2/h4-14H,3,15-16H2,1-2H3,(H2,29,30,34). The average molecular weight is 558 g/mol. The molecule has 0 aliphatic rings. The Morgan fingerprint density at radius 2 is 1.89 bits per heavy atom. The van der Waals surface area contributed by atoms with Crippen molar-refractivity contribution in [3.63, 3.8) is 0 Å². The van der Waals surface area contributed by atoms with Crippen LogP contribution < -0.4 is 20.1 Å². The second kappa shape index (κ2) is 12.7. The van der Waals surface area contributed by atoms with Crippen LogP contribution in [-0.4, -0.2) is 34.5 Å². The average Bonchev–Trinajstić information content (AvgIpc) is 3.30. The number of hydrogen-bond donors (Lipinski definition) is 2. The zero-order chi connectivity index (χ0) is 26.2. The Kier molecular flexibility index (Phi) is 9.16. The molecule has 2 amide bonds. The number of carbonyl (C=O) groups excluding carboxylic acids is 1. The van der Waals surface area contributed by atoms with Gasteiger partial charge in [0.05, 0.1) is 36.7 Å². The van der Waals surface area contributed by atoms with Crippen molar-refractivity contribution in [2.75, 3.05) is 19.0 Å². The first kappa shape index (κ1) is 26.7. The lowest BCUT2D eigenvalue weighted by Crippen LogP contribution is -2.29. The highest BCUT2D eigenvalue weighted by molar-refractivity contribution is 7.98. The number of thioether (sulfide) groups is 1. The van der Waals surface area contributed by atoms with Crippen LogP contribution in [0, 0.1) is 0 Å². The molecular formula is C26H25Cl2N5O3S. The highest BCUT2D eigenvalue weighted by Gasteiger charge is 2.18. The first-order chi connectivity index (χ1) is 18.0. The highest BCUT2D eigenvalue weighted by Crippen LogP contribution is 2.31. The lowest BCUT2D eigenvalue weighted by atomic mass is 10.2. The van der Waals surface area contributed by atoms with Crippen molar-refractivity contribution in [1.82, 2.24) is 20.1 Å². The van der Waals surface area contributed by atoms with E-state index in [0.717, 1.165) is 11.3 Å². The molecule has 192 valence electrons. The number of ether oxygens (including phenoxy) is 2. The molecule has 0 spiro atoms. The van der Waals surface area contributed by atoms with Gasteiger partial charge in [0.2, 0.25) is 0 Å². The Morgan fingerprint density at radius 1 is 1.05 bits per heavy atom. The van der Waals surface area contributed by atoms with Crippen LogP contribution in [-0.2, 0) is 12.3 Å². The summed E-state index contributed by atoms with van der Waals surface area (Å²) in [6.07, 6.45) is 0. The van der Waals surface area contributed by atoms with Gasteiger partial charge in [0.15, 0.2) is 11.0 Å². The molecule has 0 aliphatic heterocycles. The number of urea groups is 1. The number of amides is 2. The van der Waals surface area contributed by atoms with Crippen LogP contribution in [0.15, 0.2) is 71.9 Å². The minimum atomic E-state index is -0.408. The van der Waals surface area contributed by atoms with Gasteiger partial charge < -0.3 is 20.1 Å². The van der Waals surface area contributed by atoms with Gasteiger partial charge in [-0.25, -0.2) is 4.79 Å². The third-order valence-electron chi connectivity index (χ3n) is 5.20. The molecule has 37 heavy (non-hydrogen) atoms. The first-order valence-corrected chi connectivity index (χ1v) is 13.1. The van der Waals surface area contributed by atoms with Crippen molar-refractivity contribution in [2.24, 2.45) is 0 Å². The molecule has 1 aromatic heterocycles. The fourth-order valence-corrected chi connectivity index (χ4v) is 4.90. The quantitative estimate of drug-likeness (QED) is 0.213. The third-order valence-corrected chi connectivity index (χ3v) is 6.73. The number of benzene rings is 3. The minimum Gasteiger partial charge on any atom is -0.497 e. The number of halogens is 2. The molecule has 0 fully saturated rings. The Balaban J connectivity index is 1.54. The second-order valence-corrected chi connectivity index (χ2v) is 9.49. The van der Waals surface area contributed by atoms with Crippen LogP contribution in [0.4, 0.5) is 10.5 Å². The first-order valence-electron chi connectivity index (χ1n) is 11.4. The highest BCUT2D eigenvalue weighted by atomic mass is 35.5. The van der Waals surface area contributed by atoms with Crippen LogP contribution in [0.25, 0.3) is 5.69 Å². The van der Waals surface area contributed by atoms with E-state index >= 15 is 0 Å². The van der Waals surface area contributed by atoms with Gasteiger partial charge in [-0.3, -0.25) is 4.57 Å². The summed E-state index contributed by atoms with van der Waals surface area (Å²) in [5.74, 6) is 2.50. The van der Waals surface area contributed by atoms with Crippen LogP contribution in [0.2, 0.25) is 10.0 Å². The van der Waals surface area contributed by atoms with Crippen LogP contribution in [0.3, 0.4) is 0 Å². The van der Waals surface area contributed by atoms with Gasteiger partial charge in [-0.05, 0) is 55.0 Å². The summed E-state index contributed by atoms with van der Waals surface area (Å²) in [5.41, 5.74) is 2.29. The van der Waals surface area contributed by atoms with Gasteiger partial charge in [0, 0.05) is 10.8 Å². The predicted molar refractivity (Wildman–Crippen MR) is 147 cm³/mol. The van der Waals surface area contributed by atoms with Crippen molar-refractivity contribution in [2.45, 2.75) is 24.4 Å². The van der Waals surface area contributed by atoms with Gasteiger partial charge >= 0.3 is 6.03 Å². The van der Waals surface area contributed by atoms with E-state index in [9.17, 15) is 4.79 Å². The maximum Gasteiger partial charge on any atom is 0.319 e. The molecule has 2 N–H and O–H groups in total. The van der Waals surface area contributed by atoms with Crippen LogP contribution in [0.5, 0.6) is 11.5 Å². The van der Waals surface area contributed by atoms with Crippen molar-refractivity contribution >= 4 is 46.7 Å². The van der Waals surface area contributed by atoms with E-state index < -0.39 is 6.03 Å². The Morgan fingerprint density at radius 3 is 2.68 bits per heavy atom. The summed E-state index contributed by atoms with van der Waals surface area (Å²) >= 11 is 14.2. The van der Waals surface area contributed by atoms with Gasteiger partial charge in [-0.15, -0.1) is 10.2 Å². The largest absolute Gasteiger partial charge is 0.497 e. The Bertz CT molecular complexity index is 1380. The predicted octanol–water partition coefficient (Wildman–Crippen LogP) is 6.60. The van der Waals surface area contributed by atoms with E-state index in [1.165, 1.54) is 11.8 Å². The number of para-hydroxylation sites is 2. The van der Waals surface area contributed by atoms with Gasteiger partial charge in [0.25, 0.3) is 0 Å². The van der Waals surface area contributed by atoms with Crippen molar-refractivity contribution < 1.29 is 14.3 Å². The summed E-state index contributed by atoms with van der Waals surface area (Å²) in [7, 11) is 1.64. The molecule has 0 aliphatic carbocycles. The lowest BCUT2D eigenvalue weighted by molar-refractivity contribution is 0.251. The molecule has 3 aromatic carbocycles. The maximum absolute atomic E-state index is 12.7. The van der Waals surface area contributed by atoms with Crippen LogP contribution >= 0.6 is 35.0 Å². The van der Waals surface area contributed by atoms with Crippen molar-refractivity contribution in [3.8, 4) is 17.2 Å². The molecule has 0 radical (unpaired) electrons. The summed E-state index contributed by atoms with van der Waals surface area (Å²) in [4.78, 5) is 12.7.